The summed E-state index contributed by atoms with van der Waals surface area (Å²) in [6.07, 6.45) is 0.999. The Kier molecular flexibility index (Phi) is 4.95. The first-order chi connectivity index (χ1) is 9.58. The van der Waals surface area contributed by atoms with Gasteiger partial charge in [0.15, 0.2) is 0 Å². The topological polar surface area (TPSA) is 49.8 Å². The molecule has 4 nitrogen and oxygen atoms in total. The van der Waals surface area contributed by atoms with Crippen LogP contribution in [0, 0.1) is 0 Å². The molecule has 2 aromatic heterocycles. The molecule has 2 aromatic rings. The third-order valence-electron chi connectivity index (χ3n) is 3.03. The molecule has 0 bridgehead atoms. The summed E-state index contributed by atoms with van der Waals surface area (Å²) >= 11 is 1.74. The molecule has 0 radical (unpaired) electrons. The van der Waals surface area contributed by atoms with E-state index in [4.69, 9.17) is 0 Å². The van der Waals surface area contributed by atoms with Crippen LogP contribution in [0.5, 0.6) is 0 Å². The maximum atomic E-state index is 4.59. The molecule has 2 N–H and O–H groups in total. The molecule has 0 aliphatic heterocycles. The van der Waals surface area contributed by atoms with Crippen LogP contribution in [0.25, 0.3) is 0 Å². The van der Waals surface area contributed by atoms with Crippen molar-refractivity contribution in [1.29, 1.82) is 0 Å². The average Bonchev–Trinajstić information content (AvgIpc) is 2.90. The van der Waals surface area contributed by atoms with Crippen molar-refractivity contribution in [3.8, 4) is 0 Å². The minimum absolute atomic E-state index is 0.316. The van der Waals surface area contributed by atoms with Gasteiger partial charge in [0, 0.05) is 25.1 Å². The Morgan fingerprint density at radius 1 is 1.20 bits per heavy atom. The highest BCUT2D eigenvalue weighted by molar-refractivity contribution is 7.07. The van der Waals surface area contributed by atoms with Crippen molar-refractivity contribution in [2.75, 3.05) is 17.7 Å². The molecule has 0 aromatic carbocycles. The second-order valence-electron chi connectivity index (χ2n) is 5.28. The van der Waals surface area contributed by atoms with E-state index in [1.165, 1.54) is 5.56 Å². The standard InChI is InChI=1S/C15H22N4S/c1-10(2)15-18-13(16-4)8-14(19-15)17-11(3)7-12-5-6-20-9-12/h5-6,8-11H,7H2,1-4H3,(H2,16,17,18,19). The fourth-order valence-electron chi connectivity index (χ4n) is 1.99. The van der Waals surface area contributed by atoms with Gasteiger partial charge in [0.25, 0.3) is 0 Å². The highest BCUT2D eigenvalue weighted by Crippen LogP contribution is 2.18. The Labute approximate surface area is 124 Å². The normalized spacial score (nSPS) is 12.4. The smallest absolute Gasteiger partial charge is 0.135 e. The van der Waals surface area contributed by atoms with Crippen molar-refractivity contribution in [3.05, 3.63) is 34.3 Å². The van der Waals surface area contributed by atoms with Crippen LogP contribution in [0.1, 0.15) is 38.1 Å². The van der Waals surface area contributed by atoms with Crippen molar-refractivity contribution in [2.24, 2.45) is 0 Å². The second kappa shape index (κ2) is 6.70. The van der Waals surface area contributed by atoms with Crippen molar-refractivity contribution in [1.82, 2.24) is 9.97 Å². The number of hydrogen-bond donors (Lipinski definition) is 2. The van der Waals surface area contributed by atoms with E-state index in [-0.39, 0.29) is 0 Å². The molecule has 0 saturated carbocycles. The van der Waals surface area contributed by atoms with Crippen LogP contribution < -0.4 is 10.6 Å². The maximum Gasteiger partial charge on any atom is 0.135 e. The Morgan fingerprint density at radius 3 is 2.55 bits per heavy atom. The summed E-state index contributed by atoms with van der Waals surface area (Å²) in [7, 11) is 1.88. The molecule has 0 aliphatic carbocycles. The van der Waals surface area contributed by atoms with Gasteiger partial charge in [-0.05, 0) is 35.7 Å². The highest BCUT2D eigenvalue weighted by atomic mass is 32.1. The lowest BCUT2D eigenvalue weighted by atomic mass is 10.1. The molecule has 1 unspecified atom stereocenters. The van der Waals surface area contributed by atoms with Crippen molar-refractivity contribution < 1.29 is 0 Å². The van der Waals surface area contributed by atoms with Gasteiger partial charge < -0.3 is 10.6 Å². The van der Waals surface area contributed by atoms with Crippen LogP contribution >= 0.6 is 11.3 Å². The molecule has 0 saturated heterocycles. The zero-order valence-corrected chi connectivity index (χ0v) is 13.3. The van der Waals surface area contributed by atoms with Crippen LogP contribution in [0.3, 0.4) is 0 Å². The van der Waals surface area contributed by atoms with Crippen LogP contribution in [-0.2, 0) is 6.42 Å². The van der Waals surface area contributed by atoms with Crippen LogP contribution in [0.15, 0.2) is 22.9 Å². The van der Waals surface area contributed by atoms with Gasteiger partial charge in [-0.25, -0.2) is 9.97 Å². The van der Waals surface area contributed by atoms with Gasteiger partial charge in [-0.1, -0.05) is 13.8 Å². The summed E-state index contributed by atoms with van der Waals surface area (Å²) in [6, 6.07) is 4.46. The van der Waals surface area contributed by atoms with Gasteiger partial charge >= 0.3 is 0 Å². The first-order valence-electron chi connectivity index (χ1n) is 6.93. The predicted molar refractivity (Wildman–Crippen MR) is 86.8 cm³/mol. The van der Waals surface area contributed by atoms with Crippen LogP contribution in [0.2, 0.25) is 0 Å². The predicted octanol–water partition coefficient (Wildman–Crippen LogP) is 3.75. The largest absolute Gasteiger partial charge is 0.373 e. The number of thiophene rings is 1. The van der Waals surface area contributed by atoms with E-state index >= 15 is 0 Å². The summed E-state index contributed by atoms with van der Waals surface area (Å²) in [5, 5.41) is 10.9. The summed E-state index contributed by atoms with van der Waals surface area (Å²) in [5.41, 5.74) is 1.36. The molecular weight excluding hydrogens is 268 g/mol. The Balaban J connectivity index is 2.09. The Bertz CT molecular complexity index is 537. The molecule has 0 spiro atoms. The summed E-state index contributed by atoms with van der Waals surface area (Å²) in [6.45, 7) is 6.38. The number of anilines is 2. The van der Waals surface area contributed by atoms with E-state index < -0.39 is 0 Å². The van der Waals surface area contributed by atoms with Gasteiger partial charge in [0.05, 0.1) is 0 Å². The lowest BCUT2D eigenvalue weighted by Gasteiger charge is -2.16. The first-order valence-corrected chi connectivity index (χ1v) is 7.87. The van der Waals surface area contributed by atoms with E-state index in [2.05, 4.69) is 58.2 Å². The fraction of sp³-hybridized carbons (Fsp3) is 0.467. The highest BCUT2D eigenvalue weighted by Gasteiger charge is 2.10. The van der Waals surface area contributed by atoms with Gasteiger partial charge in [-0.3, -0.25) is 0 Å². The van der Waals surface area contributed by atoms with Crippen molar-refractivity contribution in [2.45, 2.75) is 39.2 Å². The van der Waals surface area contributed by atoms with E-state index in [1.54, 1.807) is 11.3 Å². The SMILES string of the molecule is CNc1cc(NC(C)Cc2ccsc2)nc(C(C)C)n1. The molecule has 5 heteroatoms. The van der Waals surface area contributed by atoms with E-state index in [1.807, 2.05) is 13.1 Å². The maximum absolute atomic E-state index is 4.59. The number of nitrogens with zero attached hydrogens (tertiary/aromatic N) is 2. The molecule has 2 rings (SSSR count). The molecule has 0 amide bonds. The summed E-state index contributed by atoms with van der Waals surface area (Å²) in [5.74, 6) is 2.92. The lowest BCUT2D eigenvalue weighted by molar-refractivity contribution is 0.755. The average molecular weight is 290 g/mol. The minimum Gasteiger partial charge on any atom is -0.373 e. The summed E-state index contributed by atoms with van der Waals surface area (Å²) < 4.78 is 0. The van der Waals surface area contributed by atoms with Gasteiger partial charge in [-0.15, -0.1) is 0 Å². The number of rotatable bonds is 6. The van der Waals surface area contributed by atoms with E-state index in [0.29, 0.717) is 12.0 Å². The molecule has 2 heterocycles. The summed E-state index contributed by atoms with van der Waals surface area (Å²) in [4.78, 5) is 9.06. The molecule has 20 heavy (non-hydrogen) atoms. The third-order valence-corrected chi connectivity index (χ3v) is 3.76. The lowest BCUT2D eigenvalue weighted by Crippen LogP contribution is -2.19. The second-order valence-corrected chi connectivity index (χ2v) is 6.06. The van der Waals surface area contributed by atoms with Crippen molar-refractivity contribution >= 4 is 23.0 Å². The zero-order valence-electron chi connectivity index (χ0n) is 12.5. The monoisotopic (exact) mass is 290 g/mol. The number of aromatic nitrogens is 2. The Morgan fingerprint density at radius 2 is 1.95 bits per heavy atom. The quantitative estimate of drug-likeness (QED) is 0.851. The van der Waals surface area contributed by atoms with E-state index in [0.717, 1.165) is 23.9 Å². The fourth-order valence-corrected chi connectivity index (χ4v) is 2.67. The molecule has 0 fully saturated rings. The van der Waals surface area contributed by atoms with Crippen LogP contribution in [-0.4, -0.2) is 23.1 Å². The minimum atomic E-state index is 0.316. The third kappa shape index (κ3) is 3.93. The van der Waals surface area contributed by atoms with Crippen LogP contribution in [0.4, 0.5) is 11.6 Å². The first kappa shape index (κ1) is 14.8. The molecule has 1 atom stereocenters. The molecule has 108 valence electrons. The molecular formula is C15H22N4S. The van der Waals surface area contributed by atoms with Crippen molar-refractivity contribution in [3.63, 3.8) is 0 Å². The Hall–Kier alpha value is -1.62. The van der Waals surface area contributed by atoms with Gasteiger partial charge in [0.1, 0.15) is 17.5 Å². The number of hydrogen-bond acceptors (Lipinski definition) is 5. The zero-order chi connectivity index (χ0) is 14.5. The van der Waals surface area contributed by atoms with Gasteiger partial charge in [-0.2, -0.15) is 11.3 Å². The van der Waals surface area contributed by atoms with E-state index in [9.17, 15) is 0 Å². The number of nitrogens with one attached hydrogen (secondary N) is 2. The molecule has 0 aliphatic rings. The van der Waals surface area contributed by atoms with Gasteiger partial charge in [0.2, 0.25) is 0 Å².